The maximum absolute atomic E-state index is 15.5. The summed E-state index contributed by atoms with van der Waals surface area (Å²) in [5, 5.41) is 20.7. The Balaban J connectivity index is 1.11. The summed E-state index contributed by atoms with van der Waals surface area (Å²) in [6, 6.07) is 31.1. The summed E-state index contributed by atoms with van der Waals surface area (Å²) in [7, 11) is 6.91. The smallest absolute Gasteiger partial charge is 0.260 e. The molecular formula is C50H44Cl2N6O7. The quantitative estimate of drug-likeness (QED) is 0.0749. The molecule has 3 fully saturated rings. The molecule has 6 atom stereocenters. The van der Waals surface area contributed by atoms with Gasteiger partial charge in [0.2, 0.25) is 11.8 Å². The lowest BCUT2D eigenvalue weighted by molar-refractivity contribution is -0.139. The number of anilines is 3. The lowest BCUT2D eigenvalue weighted by atomic mass is 9.50. The van der Waals surface area contributed by atoms with Crippen LogP contribution in [0.2, 0.25) is 10.0 Å². The number of amides is 4. The number of fused-ring (bicyclic) bond motifs is 4. The lowest BCUT2D eigenvalue weighted by Crippen LogP contribution is -2.54. The number of nitrogens with one attached hydrogen (secondary N) is 1. The van der Waals surface area contributed by atoms with Crippen molar-refractivity contribution in [3.63, 3.8) is 0 Å². The number of hydrogen-bond acceptors (Lipinski definition) is 11. The average molecular weight is 912 g/mol. The van der Waals surface area contributed by atoms with Gasteiger partial charge in [-0.25, -0.2) is 0 Å². The van der Waals surface area contributed by atoms with Crippen molar-refractivity contribution in [2.45, 2.75) is 18.3 Å². The minimum Gasteiger partial charge on any atom is -0.504 e. The van der Waals surface area contributed by atoms with Crippen molar-refractivity contribution in [1.82, 2.24) is 5.01 Å². The third-order valence-corrected chi connectivity index (χ3v) is 13.6. The van der Waals surface area contributed by atoms with Crippen molar-refractivity contribution in [3.05, 3.63) is 148 Å². The molecular weight excluding hydrogens is 867 g/mol. The first-order chi connectivity index (χ1) is 31.3. The van der Waals surface area contributed by atoms with Gasteiger partial charge in [0.25, 0.3) is 11.8 Å². The van der Waals surface area contributed by atoms with Crippen molar-refractivity contribution in [3.8, 4) is 17.2 Å². The van der Waals surface area contributed by atoms with Gasteiger partial charge in [-0.1, -0.05) is 65.2 Å². The van der Waals surface area contributed by atoms with Crippen molar-refractivity contribution < 1.29 is 33.8 Å². The summed E-state index contributed by atoms with van der Waals surface area (Å²) < 4.78 is 10.9. The molecule has 15 heteroatoms. The van der Waals surface area contributed by atoms with Crippen LogP contribution in [0.1, 0.15) is 24.0 Å². The molecule has 2 aliphatic carbocycles. The number of methoxy groups -OCH3 is 2. The third-order valence-electron chi connectivity index (χ3n) is 13.1. The van der Waals surface area contributed by atoms with Crippen LogP contribution in [0.5, 0.6) is 17.2 Å². The number of halogens is 2. The third kappa shape index (κ3) is 7.48. The van der Waals surface area contributed by atoms with Gasteiger partial charge in [-0.2, -0.15) is 15.2 Å². The number of ether oxygens (including phenoxy) is 2. The molecule has 0 spiro atoms. The molecule has 2 heterocycles. The Kier molecular flexibility index (Phi) is 11.5. The van der Waals surface area contributed by atoms with Gasteiger partial charge in [0.1, 0.15) is 5.75 Å². The number of aromatic hydroxyl groups is 1. The number of nitrogens with zero attached hydrogens (tertiary/aromatic N) is 5. The molecule has 65 heavy (non-hydrogen) atoms. The number of benzene rings is 5. The van der Waals surface area contributed by atoms with Gasteiger partial charge < -0.3 is 19.5 Å². The van der Waals surface area contributed by atoms with E-state index in [4.69, 9.17) is 32.7 Å². The Morgan fingerprint density at radius 1 is 0.800 bits per heavy atom. The topological polar surface area (TPSA) is 153 Å². The Morgan fingerprint density at radius 3 is 2.14 bits per heavy atom. The van der Waals surface area contributed by atoms with E-state index in [2.05, 4.69) is 15.7 Å². The van der Waals surface area contributed by atoms with Crippen molar-refractivity contribution >= 4 is 81.3 Å². The summed E-state index contributed by atoms with van der Waals surface area (Å²) in [5.74, 6) is -4.93. The number of carbonyl (C=O) groups is 4. The number of imide groups is 2. The minimum atomic E-state index is -1.54. The summed E-state index contributed by atoms with van der Waals surface area (Å²) in [6.45, 7) is 0. The van der Waals surface area contributed by atoms with Crippen LogP contribution >= 0.6 is 23.2 Å². The number of phenolic OH excluding ortho intramolecular Hbond substituents is 1. The number of carbonyl (C=O) groups excluding carboxylic acids is 4. The van der Waals surface area contributed by atoms with E-state index >= 15 is 9.59 Å². The fraction of sp³-hybridized carbons (Fsp3) is 0.240. The summed E-state index contributed by atoms with van der Waals surface area (Å²) in [5.41, 5.74) is 6.39. The first-order valence-corrected chi connectivity index (χ1v) is 21.8. The van der Waals surface area contributed by atoms with E-state index in [0.29, 0.717) is 44.6 Å². The Labute approximate surface area is 385 Å². The molecule has 2 saturated heterocycles. The molecule has 4 aliphatic rings. The lowest BCUT2D eigenvalue weighted by Gasteiger charge is -2.49. The number of hydrogen-bond donors (Lipinski definition) is 2. The molecule has 5 aromatic carbocycles. The first kappa shape index (κ1) is 43.3. The fourth-order valence-electron chi connectivity index (χ4n) is 9.95. The first-order valence-electron chi connectivity index (χ1n) is 21.0. The molecule has 0 unspecified atom stereocenters. The molecule has 0 radical (unpaired) electrons. The zero-order chi connectivity index (χ0) is 45.7. The molecule has 0 aromatic heterocycles. The number of phenols is 1. The highest BCUT2D eigenvalue weighted by molar-refractivity contribution is 6.36. The predicted octanol–water partition coefficient (Wildman–Crippen LogP) is 9.93. The van der Waals surface area contributed by atoms with Crippen LogP contribution in [0.15, 0.2) is 137 Å². The van der Waals surface area contributed by atoms with E-state index in [9.17, 15) is 14.7 Å². The number of hydrazine groups is 1. The zero-order valence-electron chi connectivity index (χ0n) is 35.8. The van der Waals surface area contributed by atoms with E-state index in [1.807, 2.05) is 61.5 Å². The molecule has 9 rings (SSSR count). The molecule has 330 valence electrons. The minimum absolute atomic E-state index is 0.0451. The molecule has 5 aromatic rings. The molecule has 13 nitrogen and oxygen atoms in total. The Hall–Kier alpha value is -6.96. The fourth-order valence-corrected chi connectivity index (χ4v) is 10.4. The van der Waals surface area contributed by atoms with Crippen LogP contribution in [-0.4, -0.2) is 62.1 Å². The monoisotopic (exact) mass is 910 g/mol. The Morgan fingerprint density at radius 2 is 1.49 bits per heavy atom. The number of rotatable bonds is 11. The highest BCUT2D eigenvalue weighted by Crippen LogP contribution is 2.62. The molecule has 2 aliphatic heterocycles. The van der Waals surface area contributed by atoms with Crippen LogP contribution < -0.4 is 24.7 Å². The van der Waals surface area contributed by atoms with Gasteiger partial charge in [0.05, 0.1) is 65.2 Å². The van der Waals surface area contributed by atoms with Crippen LogP contribution in [-0.2, 0) is 24.6 Å². The van der Waals surface area contributed by atoms with Crippen molar-refractivity contribution in [2.75, 3.05) is 43.5 Å². The van der Waals surface area contributed by atoms with Crippen molar-refractivity contribution in [1.29, 1.82) is 0 Å². The SMILES string of the molecule is COc1ccc([C@@]23C(=O)N(Nc4ccc(Cl)cc4Cl)C(=O)[C@@H]2C[C@@H]2C(=CC[C@@H]4C(=O)N(c5ccc(N=Nc6ccc(N(C)C)cc6)cc5)C(=O)[C@@H]42)[C@@H]3C=Cc2ccc(O)c(OC)c2)cc1. The summed E-state index contributed by atoms with van der Waals surface area (Å²) >= 11 is 12.8. The van der Waals surface area contributed by atoms with Gasteiger partial charge in [-0.3, -0.25) is 29.5 Å². The second kappa shape index (κ2) is 17.2. The summed E-state index contributed by atoms with van der Waals surface area (Å²) in [6.07, 6.45) is 6.01. The maximum atomic E-state index is 15.5. The van der Waals surface area contributed by atoms with Crippen LogP contribution in [0.3, 0.4) is 0 Å². The van der Waals surface area contributed by atoms with E-state index in [-0.39, 0.29) is 41.2 Å². The van der Waals surface area contributed by atoms with E-state index < -0.39 is 46.8 Å². The molecule has 2 N–H and O–H groups in total. The Bertz CT molecular complexity index is 2810. The standard InChI is InChI=1S/C50H44Cl2N6O7/c1-56(2)33-14-10-31(11-15-33)53-54-32-12-16-34(17-13-32)57-46(60)37-21-20-36-38(45(37)48(57)62)27-40-47(61)58(55-42-23-9-30(51)26-41(42)52)49(63)50(40,29-7-18-35(64-3)19-8-29)39(36)22-5-28-6-24-43(59)44(25-28)65-4/h5-20,22-26,37-40,45,55,59H,21,27H2,1-4H3/t37-,38+,39-,40-,45-,50-/m0/s1. The zero-order valence-corrected chi connectivity index (χ0v) is 37.3. The van der Waals surface area contributed by atoms with Gasteiger partial charge >= 0.3 is 0 Å². The number of allylic oxidation sites excluding steroid dienone is 3. The van der Waals surface area contributed by atoms with Crippen LogP contribution in [0.4, 0.5) is 28.4 Å². The second-order valence-electron chi connectivity index (χ2n) is 16.7. The highest BCUT2D eigenvalue weighted by Gasteiger charge is 2.69. The normalized spacial score (nSPS) is 23.7. The molecule has 0 bridgehead atoms. The highest BCUT2D eigenvalue weighted by atomic mass is 35.5. The van der Waals surface area contributed by atoms with E-state index in [0.717, 1.165) is 16.3 Å². The van der Waals surface area contributed by atoms with Gasteiger partial charge in [0.15, 0.2) is 11.5 Å². The summed E-state index contributed by atoms with van der Waals surface area (Å²) in [4.78, 5) is 63.1. The molecule has 4 amide bonds. The van der Waals surface area contributed by atoms with E-state index in [1.165, 1.54) is 24.1 Å². The van der Waals surface area contributed by atoms with Crippen LogP contribution in [0, 0.1) is 29.6 Å². The van der Waals surface area contributed by atoms with E-state index in [1.54, 1.807) is 79.9 Å². The van der Waals surface area contributed by atoms with Crippen LogP contribution in [0.25, 0.3) is 6.08 Å². The number of azo groups is 1. The van der Waals surface area contributed by atoms with Gasteiger partial charge in [-0.05, 0) is 121 Å². The average Bonchev–Trinajstić information content (AvgIpc) is 3.69. The van der Waals surface area contributed by atoms with Gasteiger partial charge in [-0.15, -0.1) is 0 Å². The predicted molar refractivity (Wildman–Crippen MR) is 249 cm³/mol. The second-order valence-corrected chi connectivity index (χ2v) is 17.5. The molecule has 1 saturated carbocycles. The van der Waals surface area contributed by atoms with Gasteiger partial charge in [0, 0.05) is 30.7 Å². The largest absolute Gasteiger partial charge is 0.504 e. The maximum Gasteiger partial charge on any atom is 0.260 e. The van der Waals surface area contributed by atoms with Crippen molar-refractivity contribution in [2.24, 2.45) is 39.8 Å².